The number of nitrogens with zero attached hydrogens (tertiary/aromatic N) is 1. The number of fused-ring (bicyclic) bond motifs is 2. The lowest BCUT2D eigenvalue weighted by molar-refractivity contribution is -0.144. The molecule has 8 atom stereocenters. The van der Waals surface area contributed by atoms with Crippen molar-refractivity contribution in [1.82, 2.24) is 4.90 Å². The number of hydrogen-bond acceptors (Lipinski definition) is 3. The number of allylic oxidation sites excluding steroid dienone is 1. The minimum atomic E-state index is 0.0864. The van der Waals surface area contributed by atoms with Crippen LogP contribution in [0.4, 0.5) is 0 Å². The first kappa shape index (κ1) is 17.6. The fourth-order valence-corrected chi connectivity index (χ4v) is 6.43. The zero-order valence-electron chi connectivity index (χ0n) is 16.2. The Morgan fingerprint density at radius 2 is 1.84 bits per heavy atom. The summed E-state index contributed by atoms with van der Waals surface area (Å²) in [6.45, 7) is 4.47. The first-order chi connectivity index (χ1) is 12.1. The zero-order valence-corrected chi connectivity index (χ0v) is 16.2. The van der Waals surface area contributed by atoms with E-state index >= 15 is 0 Å². The van der Waals surface area contributed by atoms with Gasteiger partial charge in [-0.05, 0) is 64.3 Å². The maximum absolute atomic E-state index is 12.4. The van der Waals surface area contributed by atoms with Gasteiger partial charge < -0.3 is 4.74 Å². The molecule has 25 heavy (non-hydrogen) atoms. The van der Waals surface area contributed by atoms with Gasteiger partial charge in [-0.3, -0.25) is 9.69 Å². The molecule has 3 heteroatoms. The summed E-state index contributed by atoms with van der Waals surface area (Å²) in [5, 5.41) is 0. The largest absolute Gasteiger partial charge is 0.462 e. The third-order valence-corrected chi connectivity index (χ3v) is 7.97. The maximum atomic E-state index is 12.4. The second-order valence-corrected chi connectivity index (χ2v) is 9.24. The van der Waals surface area contributed by atoms with E-state index in [0.717, 1.165) is 18.3 Å². The third kappa shape index (κ3) is 3.18. The second kappa shape index (κ2) is 7.06. The molecular formula is C22H35NO2. The van der Waals surface area contributed by atoms with Crippen LogP contribution in [0.15, 0.2) is 12.2 Å². The Hall–Kier alpha value is -0.830. The van der Waals surface area contributed by atoms with Crippen LogP contribution in [0.1, 0.15) is 65.2 Å². The van der Waals surface area contributed by atoms with Gasteiger partial charge in [-0.2, -0.15) is 0 Å². The Balaban J connectivity index is 1.57. The van der Waals surface area contributed by atoms with Crippen molar-refractivity contribution in [3.63, 3.8) is 0 Å². The molecule has 0 radical (unpaired) electrons. The maximum Gasteiger partial charge on any atom is 0.309 e. The van der Waals surface area contributed by atoms with Crippen molar-refractivity contribution < 1.29 is 9.53 Å². The van der Waals surface area contributed by atoms with Gasteiger partial charge >= 0.3 is 5.97 Å². The lowest BCUT2D eigenvalue weighted by Crippen LogP contribution is -2.44. The minimum absolute atomic E-state index is 0.0864. The van der Waals surface area contributed by atoms with Gasteiger partial charge in [0.25, 0.3) is 0 Å². The van der Waals surface area contributed by atoms with Crippen LogP contribution < -0.4 is 0 Å². The van der Waals surface area contributed by atoms with Crippen LogP contribution in [0.2, 0.25) is 0 Å². The van der Waals surface area contributed by atoms with Crippen LogP contribution in [0.25, 0.3) is 0 Å². The minimum Gasteiger partial charge on any atom is -0.462 e. The highest BCUT2D eigenvalue weighted by Crippen LogP contribution is 2.53. The van der Waals surface area contributed by atoms with Crippen LogP contribution in [0.3, 0.4) is 0 Å². The third-order valence-electron chi connectivity index (χ3n) is 7.97. The summed E-state index contributed by atoms with van der Waals surface area (Å²) in [7, 11) is 2.27. The molecule has 0 aromatic rings. The number of cyclic esters (lactones) is 1. The summed E-state index contributed by atoms with van der Waals surface area (Å²) in [5.74, 6) is 2.71. The Kier molecular flexibility index (Phi) is 4.96. The van der Waals surface area contributed by atoms with E-state index in [2.05, 4.69) is 37.9 Å². The van der Waals surface area contributed by atoms with Crippen molar-refractivity contribution in [1.29, 1.82) is 0 Å². The van der Waals surface area contributed by atoms with Crippen molar-refractivity contribution in [3.05, 3.63) is 12.2 Å². The molecular weight excluding hydrogens is 310 g/mol. The van der Waals surface area contributed by atoms with Crippen LogP contribution >= 0.6 is 0 Å². The Morgan fingerprint density at radius 1 is 1.04 bits per heavy atom. The molecule has 0 amide bonds. The molecule has 2 aliphatic carbocycles. The number of carbonyl (C=O) groups is 1. The normalized spacial score (nSPS) is 48.2. The van der Waals surface area contributed by atoms with Crippen molar-refractivity contribution in [3.8, 4) is 0 Å². The molecule has 4 aliphatic rings. The molecule has 3 nitrogen and oxygen atoms in total. The molecule has 4 rings (SSSR count). The number of likely N-dealkylation sites (N-methyl/N-ethyl adjacent to an activating group) is 1. The lowest BCUT2D eigenvalue weighted by Gasteiger charge is -2.46. The van der Waals surface area contributed by atoms with Gasteiger partial charge in [-0.1, -0.05) is 37.8 Å². The van der Waals surface area contributed by atoms with Crippen LogP contribution in [0, 0.1) is 29.6 Å². The molecule has 0 aromatic heterocycles. The molecule has 0 bridgehead atoms. The molecule has 0 spiro atoms. The summed E-state index contributed by atoms with van der Waals surface area (Å²) >= 11 is 0. The van der Waals surface area contributed by atoms with E-state index in [4.69, 9.17) is 4.74 Å². The van der Waals surface area contributed by atoms with Crippen molar-refractivity contribution in [2.45, 2.75) is 83.4 Å². The standard InChI is InChI=1S/C22H35NO2/c1-14-7-6-9-17(23(14)3)11-12-19-18-10-5-4-8-16(18)13-20-21(19)15(2)25-22(20)24/h11-12,14-21H,4-10,13H2,1-3H3/b12-11+/t14-,15-,16+,17+,18-,19?,20-,21+/m0/s1. The predicted molar refractivity (Wildman–Crippen MR) is 100 cm³/mol. The second-order valence-electron chi connectivity index (χ2n) is 9.24. The van der Waals surface area contributed by atoms with E-state index in [1.54, 1.807) is 0 Å². The van der Waals surface area contributed by atoms with E-state index < -0.39 is 0 Å². The lowest BCUT2D eigenvalue weighted by atomic mass is 9.57. The molecule has 4 fully saturated rings. The first-order valence-electron chi connectivity index (χ1n) is 10.7. The smallest absolute Gasteiger partial charge is 0.309 e. The molecule has 2 heterocycles. The Morgan fingerprint density at radius 3 is 2.68 bits per heavy atom. The van der Waals surface area contributed by atoms with Gasteiger partial charge in [0.15, 0.2) is 0 Å². The summed E-state index contributed by atoms with van der Waals surface area (Å²) in [6.07, 6.45) is 15.5. The molecule has 2 saturated carbocycles. The summed E-state index contributed by atoms with van der Waals surface area (Å²) < 4.78 is 5.69. The predicted octanol–water partition coefficient (Wildman–Crippen LogP) is 4.42. The average Bonchev–Trinajstić information content (AvgIpc) is 2.89. The van der Waals surface area contributed by atoms with Crippen LogP contribution in [-0.2, 0) is 9.53 Å². The Bertz CT molecular complexity index is 530. The van der Waals surface area contributed by atoms with E-state index in [9.17, 15) is 4.79 Å². The number of likely N-dealkylation sites (tertiary alicyclic amines) is 1. The molecule has 140 valence electrons. The van der Waals surface area contributed by atoms with Gasteiger partial charge in [0.05, 0.1) is 5.92 Å². The van der Waals surface area contributed by atoms with Gasteiger partial charge in [-0.25, -0.2) is 0 Å². The van der Waals surface area contributed by atoms with Crippen LogP contribution in [0.5, 0.6) is 0 Å². The van der Waals surface area contributed by atoms with E-state index in [0.29, 0.717) is 23.9 Å². The van der Waals surface area contributed by atoms with Crippen molar-refractivity contribution in [2.24, 2.45) is 29.6 Å². The molecule has 2 saturated heterocycles. The zero-order chi connectivity index (χ0) is 17.6. The number of hydrogen-bond donors (Lipinski definition) is 0. The number of esters is 1. The number of rotatable bonds is 2. The highest BCUT2D eigenvalue weighted by molar-refractivity contribution is 5.75. The number of piperidine rings is 1. The Labute approximate surface area is 153 Å². The SMILES string of the molecule is C[C@@H]1OC(=O)[C@H]2C[C@H]3CCCC[C@@H]3C(/C=C/[C@H]3CCC[C@H](C)N3C)[C@@H]12. The summed E-state index contributed by atoms with van der Waals surface area (Å²) in [6, 6.07) is 1.25. The fourth-order valence-electron chi connectivity index (χ4n) is 6.43. The fraction of sp³-hybridized carbons (Fsp3) is 0.864. The highest BCUT2D eigenvalue weighted by atomic mass is 16.6. The van der Waals surface area contributed by atoms with Gasteiger partial charge in [-0.15, -0.1) is 0 Å². The van der Waals surface area contributed by atoms with Gasteiger partial charge in [0.1, 0.15) is 6.10 Å². The molecule has 0 N–H and O–H groups in total. The van der Waals surface area contributed by atoms with Gasteiger partial charge in [0.2, 0.25) is 0 Å². The summed E-state index contributed by atoms with van der Waals surface area (Å²) in [5.41, 5.74) is 0. The monoisotopic (exact) mass is 345 g/mol. The average molecular weight is 346 g/mol. The first-order valence-corrected chi connectivity index (χ1v) is 10.7. The number of ether oxygens (including phenoxy) is 1. The molecule has 0 aromatic carbocycles. The van der Waals surface area contributed by atoms with Crippen molar-refractivity contribution >= 4 is 5.97 Å². The van der Waals surface area contributed by atoms with E-state index in [1.165, 1.54) is 44.9 Å². The quantitative estimate of drug-likeness (QED) is 0.548. The summed E-state index contributed by atoms with van der Waals surface area (Å²) in [4.78, 5) is 14.9. The van der Waals surface area contributed by atoms with Crippen LogP contribution in [-0.4, -0.2) is 36.1 Å². The van der Waals surface area contributed by atoms with E-state index in [-0.39, 0.29) is 18.0 Å². The topological polar surface area (TPSA) is 29.5 Å². The van der Waals surface area contributed by atoms with Gasteiger partial charge in [0, 0.05) is 18.0 Å². The molecule has 2 aliphatic heterocycles. The van der Waals surface area contributed by atoms with Crippen molar-refractivity contribution in [2.75, 3.05) is 7.05 Å². The molecule has 1 unspecified atom stereocenters. The van der Waals surface area contributed by atoms with E-state index in [1.807, 2.05) is 0 Å². The highest BCUT2D eigenvalue weighted by Gasteiger charge is 2.53. The number of carbonyl (C=O) groups excluding carboxylic acids is 1.